The van der Waals surface area contributed by atoms with E-state index in [9.17, 15) is 9.59 Å². The number of para-hydroxylation sites is 1. The van der Waals surface area contributed by atoms with Crippen molar-refractivity contribution in [2.45, 2.75) is 6.92 Å². The molecule has 0 unspecified atom stereocenters. The van der Waals surface area contributed by atoms with Gasteiger partial charge in [0.05, 0.1) is 12.1 Å². The van der Waals surface area contributed by atoms with E-state index in [1.54, 1.807) is 6.92 Å². The van der Waals surface area contributed by atoms with E-state index in [1.807, 2.05) is 48.5 Å². The highest BCUT2D eigenvalue weighted by atomic mass is 79.9. The summed E-state index contributed by atoms with van der Waals surface area (Å²) < 4.78 is 6.40. The van der Waals surface area contributed by atoms with Crippen molar-refractivity contribution in [1.29, 1.82) is 0 Å². The fourth-order valence-corrected chi connectivity index (χ4v) is 3.06. The first-order chi connectivity index (χ1) is 13.1. The Hall–Kier alpha value is -3.04. The minimum absolute atomic E-state index is 0.0772. The van der Waals surface area contributed by atoms with Crippen molar-refractivity contribution in [2.75, 3.05) is 13.2 Å². The maximum atomic E-state index is 12.5. The summed E-state index contributed by atoms with van der Waals surface area (Å²) in [6, 6.07) is 14.8. The van der Waals surface area contributed by atoms with Crippen molar-refractivity contribution in [3.8, 4) is 17.6 Å². The molecule has 0 spiro atoms. The molecule has 2 aromatic carbocycles. The highest BCUT2D eigenvalue weighted by molar-refractivity contribution is 9.10. The number of aromatic amines is 1. The second kappa shape index (κ2) is 8.56. The van der Waals surface area contributed by atoms with Crippen LogP contribution in [0.3, 0.4) is 0 Å². The number of H-pyrrole nitrogens is 1. The van der Waals surface area contributed by atoms with Crippen LogP contribution in [-0.2, 0) is 4.79 Å². The number of carbonyl (C=O) groups is 2. The van der Waals surface area contributed by atoms with E-state index in [-0.39, 0.29) is 13.2 Å². The van der Waals surface area contributed by atoms with Gasteiger partial charge in [0.15, 0.2) is 0 Å². The SMILES string of the molecule is Cc1[nH]c2ccccc2c1C(=O)C(=O)NCC#CCOc1cccc(Br)c1. The Labute approximate surface area is 165 Å². The number of rotatable bonds is 5. The Morgan fingerprint density at radius 3 is 2.78 bits per heavy atom. The van der Waals surface area contributed by atoms with Gasteiger partial charge in [-0.3, -0.25) is 9.59 Å². The van der Waals surface area contributed by atoms with Crippen LogP contribution in [0.15, 0.2) is 53.0 Å². The number of Topliss-reactive ketones (excluding diaryl/α,β-unsaturated/α-hetero) is 1. The predicted octanol–water partition coefficient (Wildman–Crippen LogP) is 3.62. The summed E-state index contributed by atoms with van der Waals surface area (Å²) in [5.74, 6) is 5.03. The molecule has 1 amide bonds. The van der Waals surface area contributed by atoms with Crippen LogP contribution in [0.1, 0.15) is 16.1 Å². The summed E-state index contributed by atoms with van der Waals surface area (Å²) in [4.78, 5) is 27.7. The van der Waals surface area contributed by atoms with Crippen molar-refractivity contribution in [2.24, 2.45) is 0 Å². The van der Waals surface area contributed by atoms with Gasteiger partial charge in [0.2, 0.25) is 0 Å². The molecule has 1 aromatic heterocycles. The second-order valence-electron chi connectivity index (χ2n) is 5.78. The van der Waals surface area contributed by atoms with Gasteiger partial charge < -0.3 is 15.0 Å². The van der Waals surface area contributed by atoms with E-state index in [0.29, 0.717) is 17.0 Å². The third-order valence-electron chi connectivity index (χ3n) is 3.90. The Kier molecular flexibility index (Phi) is 5.94. The van der Waals surface area contributed by atoms with Crippen molar-refractivity contribution < 1.29 is 14.3 Å². The number of amides is 1. The summed E-state index contributed by atoms with van der Waals surface area (Å²) in [7, 11) is 0. The summed E-state index contributed by atoms with van der Waals surface area (Å²) in [5.41, 5.74) is 1.90. The lowest BCUT2D eigenvalue weighted by Crippen LogP contribution is -2.31. The molecular weight excluding hydrogens is 408 g/mol. The quantitative estimate of drug-likeness (QED) is 0.373. The molecule has 0 atom stereocenters. The highest BCUT2D eigenvalue weighted by Crippen LogP contribution is 2.22. The fourth-order valence-electron chi connectivity index (χ4n) is 2.68. The van der Waals surface area contributed by atoms with Crippen molar-refractivity contribution in [3.05, 3.63) is 64.3 Å². The molecule has 0 aliphatic heterocycles. The molecule has 0 aliphatic carbocycles. The average Bonchev–Trinajstić information content (AvgIpc) is 2.99. The number of ether oxygens (including phenoxy) is 1. The number of nitrogens with one attached hydrogen (secondary N) is 2. The lowest BCUT2D eigenvalue weighted by atomic mass is 10.1. The minimum Gasteiger partial charge on any atom is -0.481 e. The monoisotopic (exact) mass is 424 g/mol. The van der Waals surface area contributed by atoms with Gasteiger partial charge in [0, 0.05) is 21.1 Å². The molecule has 0 bridgehead atoms. The maximum absolute atomic E-state index is 12.5. The van der Waals surface area contributed by atoms with Gasteiger partial charge in [0.1, 0.15) is 12.4 Å². The Balaban J connectivity index is 1.54. The number of fused-ring (bicyclic) bond motifs is 1. The van der Waals surface area contributed by atoms with Crippen molar-refractivity contribution in [1.82, 2.24) is 10.3 Å². The number of benzene rings is 2. The number of ketones is 1. The number of hydrogen-bond donors (Lipinski definition) is 2. The van der Waals surface area contributed by atoms with Gasteiger partial charge >= 0.3 is 0 Å². The molecule has 136 valence electrons. The van der Waals surface area contributed by atoms with Crippen LogP contribution in [-0.4, -0.2) is 29.8 Å². The molecule has 0 fully saturated rings. The Morgan fingerprint density at radius 2 is 1.96 bits per heavy atom. The zero-order chi connectivity index (χ0) is 19.2. The molecule has 27 heavy (non-hydrogen) atoms. The summed E-state index contributed by atoms with van der Waals surface area (Å²) >= 11 is 3.36. The largest absolute Gasteiger partial charge is 0.481 e. The molecule has 2 N–H and O–H groups in total. The normalized spacial score (nSPS) is 10.1. The third-order valence-corrected chi connectivity index (χ3v) is 4.39. The smallest absolute Gasteiger partial charge is 0.293 e. The van der Waals surface area contributed by atoms with Gasteiger partial charge in [-0.15, -0.1) is 0 Å². The van der Waals surface area contributed by atoms with Gasteiger partial charge in [-0.05, 0) is 31.2 Å². The molecular formula is C21H17BrN2O3. The third kappa shape index (κ3) is 4.57. The first kappa shape index (κ1) is 18.7. The molecule has 0 aliphatic rings. The van der Waals surface area contributed by atoms with Crippen LogP contribution in [0.5, 0.6) is 5.75 Å². The summed E-state index contributed by atoms with van der Waals surface area (Å²) in [5, 5.41) is 3.27. The Bertz CT molecular complexity index is 1060. The lowest BCUT2D eigenvalue weighted by molar-refractivity contribution is -0.116. The van der Waals surface area contributed by atoms with E-state index in [2.05, 4.69) is 38.1 Å². The van der Waals surface area contributed by atoms with E-state index < -0.39 is 11.7 Å². The lowest BCUT2D eigenvalue weighted by Gasteiger charge is -2.02. The Morgan fingerprint density at radius 1 is 1.15 bits per heavy atom. The molecule has 0 saturated heterocycles. The molecule has 1 heterocycles. The molecule has 6 heteroatoms. The van der Waals surface area contributed by atoms with Crippen LogP contribution in [0.4, 0.5) is 0 Å². The zero-order valence-electron chi connectivity index (χ0n) is 14.6. The zero-order valence-corrected chi connectivity index (χ0v) is 16.2. The second-order valence-corrected chi connectivity index (χ2v) is 6.70. The van der Waals surface area contributed by atoms with Crippen LogP contribution in [0.2, 0.25) is 0 Å². The number of halogens is 1. The average molecular weight is 425 g/mol. The van der Waals surface area contributed by atoms with E-state index in [0.717, 1.165) is 15.4 Å². The van der Waals surface area contributed by atoms with Crippen LogP contribution < -0.4 is 10.1 Å². The standard InChI is InChI=1S/C21H17BrN2O3/c1-14-19(17-9-2-3-10-18(17)24-14)20(25)21(26)23-11-4-5-12-27-16-8-6-7-15(22)13-16/h2-3,6-10,13,24H,11-12H2,1H3,(H,23,26). The van der Waals surface area contributed by atoms with E-state index in [4.69, 9.17) is 4.74 Å². The number of aromatic nitrogens is 1. The first-order valence-electron chi connectivity index (χ1n) is 8.30. The maximum Gasteiger partial charge on any atom is 0.293 e. The van der Waals surface area contributed by atoms with Crippen LogP contribution in [0.25, 0.3) is 10.9 Å². The summed E-state index contributed by atoms with van der Waals surface area (Å²) in [6.07, 6.45) is 0. The number of hydrogen-bond acceptors (Lipinski definition) is 3. The number of aryl methyl sites for hydroxylation is 1. The first-order valence-corrected chi connectivity index (χ1v) is 9.09. The van der Waals surface area contributed by atoms with Gasteiger partial charge in [-0.2, -0.15) is 0 Å². The molecule has 5 nitrogen and oxygen atoms in total. The van der Waals surface area contributed by atoms with Crippen molar-refractivity contribution in [3.63, 3.8) is 0 Å². The van der Waals surface area contributed by atoms with Crippen LogP contribution >= 0.6 is 15.9 Å². The van der Waals surface area contributed by atoms with Crippen LogP contribution in [0, 0.1) is 18.8 Å². The van der Waals surface area contributed by atoms with Gasteiger partial charge in [-0.1, -0.05) is 52.0 Å². The van der Waals surface area contributed by atoms with Crippen molar-refractivity contribution >= 4 is 38.5 Å². The fraction of sp³-hybridized carbons (Fsp3) is 0.143. The minimum atomic E-state index is -0.676. The topological polar surface area (TPSA) is 71.2 Å². The highest BCUT2D eigenvalue weighted by Gasteiger charge is 2.21. The van der Waals surface area contributed by atoms with E-state index in [1.165, 1.54) is 0 Å². The molecule has 0 saturated carbocycles. The molecule has 0 radical (unpaired) electrons. The molecule has 3 aromatic rings. The predicted molar refractivity (Wildman–Crippen MR) is 108 cm³/mol. The molecule has 3 rings (SSSR count). The number of carbonyl (C=O) groups excluding carboxylic acids is 2. The van der Waals surface area contributed by atoms with Gasteiger partial charge in [-0.25, -0.2) is 0 Å². The van der Waals surface area contributed by atoms with E-state index >= 15 is 0 Å². The summed E-state index contributed by atoms with van der Waals surface area (Å²) in [6.45, 7) is 2.05. The van der Waals surface area contributed by atoms with Gasteiger partial charge in [0.25, 0.3) is 11.7 Å².